The van der Waals surface area contributed by atoms with Crippen molar-refractivity contribution in [2.75, 3.05) is 11.4 Å². The highest BCUT2D eigenvalue weighted by Crippen LogP contribution is 2.24. The molecule has 1 atom stereocenters. The third-order valence-electron chi connectivity index (χ3n) is 3.31. The molecule has 1 fully saturated rings. The Bertz CT molecular complexity index is 305. The van der Waals surface area contributed by atoms with Crippen LogP contribution in [0, 0.1) is 0 Å². The normalized spacial score (nSPS) is 21.7. The summed E-state index contributed by atoms with van der Waals surface area (Å²) in [6, 6.07) is 9.35. The maximum atomic E-state index is 5.59. The van der Waals surface area contributed by atoms with E-state index in [-0.39, 0.29) is 0 Å². The highest BCUT2D eigenvalue weighted by atomic mass is 15.2. The molecule has 82 valence electrons. The fourth-order valence-electron chi connectivity index (χ4n) is 2.31. The number of rotatable bonds is 2. The molecule has 2 N–H and O–H groups in total. The summed E-state index contributed by atoms with van der Waals surface area (Å²) < 4.78 is 0. The van der Waals surface area contributed by atoms with Crippen LogP contribution in [0.2, 0.25) is 0 Å². The van der Waals surface area contributed by atoms with Gasteiger partial charge in [-0.3, -0.25) is 0 Å². The highest BCUT2D eigenvalue weighted by Gasteiger charge is 2.17. The molecule has 1 heterocycles. The Labute approximate surface area is 92.1 Å². The summed E-state index contributed by atoms with van der Waals surface area (Å²) >= 11 is 0. The van der Waals surface area contributed by atoms with E-state index < -0.39 is 0 Å². The largest absolute Gasteiger partial charge is 0.369 e. The lowest BCUT2D eigenvalue weighted by atomic mass is 10.0. The van der Waals surface area contributed by atoms with Gasteiger partial charge in [0.15, 0.2) is 0 Å². The lowest BCUT2D eigenvalue weighted by Gasteiger charge is -2.35. The molecular formula is C13H20N2. The molecule has 0 amide bonds. The Balaban J connectivity index is 2.13. The van der Waals surface area contributed by atoms with Gasteiger partial charge in [0, 0.05) is 24.8 Å². The van der Waals surface area contributed by atoms with Gasteiger partial charge in [-0.1, -0.05) is 12.1 Å². The van der Waals surface area contributed by atoms with Gasteiger partial charge >= 0.3 is 0 Å². The topological polar surface area (TPSA) is 29.3 Å². The van der Waals surface area contributed by atoms with Crippen LogP contribution in [0.5, 0.6) is 0 Å². The summed E-state index contributed by atoms with van der Waals surface area (Å²) in [5, 5.41) is 0. The minimum atomic E-state index is 0.635. The number of nitrogens with zero attached hydrogens (tertiary/aromatic N) is 1. The van der Waals surface area contributed by atoms with Crippen molar-refractivity contribution < 1.29 is 0 Å². The Kier molecular flexibility index (Phi) is 3.27. The molecule has 0 spiro atoms. The first-order valence-electron chi connectivity index (χ1n) is 5.87. The lowest BCUT2D eigenvalue weighted by Crippen LogP contribution is -2.37. The summed E-state index contributed by atoms with van der Waals surface area (Å²) in [5.74, 6) is 0. The molecule has 0 bridgehead atoms. The van der Waals surface area contributed by atoms with Gasteiger partial charge in [-0.25, -0.2) is 0 Å². The van der Waals surface area contributed by atoms with Crippen LogP contribution in [0.3, 0.4) is 0 Å². The summed E-state index contributed by atoms with van der Waals surface area (Å²) in [6.07, 6.45) is 4.01. The molecule has 1 saturated heterocycles. The monoisotopic (exact) mass is 204 g/mol. The van der Waals surface area contributed by atoms with Crippen LogP contribution in [-0.4, -0.2) is 12.6 Å². The minimum absolute atomic E-state index is 0.635. The van der Waals surface area contributed by atoms with E-state index in [0.29, 0.717) is 12.6 Å². The molecule has 0 radical (unpaired) electrons. The number of piperidine rings is 1. The average Bonchev–Trinajstić information content (AvgIpc) is 2.30. The van der Waals surface area contributed by atoms with Crippen molar-refractivity contribution in [1.82, 2.24) is 0 Å². The van der Waals surface area contributed by atoms with Crippen LogP contribution in [0.15, 0.2) is 24.3 Å². The average molecular weight is 204 g/mol. The maximum absolute atomic E-state index is 5.59. The van der Waals surface area contributed by atoms with E-state index in [1.807, 2.05) is 0 Å². The second-order valence-corrected chi connectivity index (χ2v) is 4.41. The van der Waals surface area contributed by atoms with Crippen LogP contribution >= 0.6 is 0 Å². The van der Waals surface area contributed by atoms with Crippen molar-refractivity contribution in [3.8, 4) is 0 Å². The quantitative estimate of drug-likeness (QED) is 0.802. The minimum Gasteiger partial charge on any atom is -0.369 e. The fourth-order valence-corrected chi connectivity index (χ4v) is 2.31. The van der Waals surface area contributed by atoms with Gasteiger partial charge in [0.2, 0.25) is 0 Å². The number of anilines is 1. The number of hydrogen-bond donors (Lipinski definition) is 1. The van der Waals surface area contributed by atoms with Crippen LogP contribution in [0.4, 0.5) is 5.69 Å². The molecule has 2 rings (SSSR count). The molecule has 1 aliphatic rings. The van der Waals surface area contributed by atoms with E-state index in [1.54, 1.807) is 0 Å². The highest BCUT2D eigenvalue weighted by molar-refractivity contribution is 5.48. The van der Waals surface area contributed by atoms with Crippen molar-refractivity contribution in [3.63, 3.8) is 0 Å². The zero-order valence-electron chi connectivity index (χ0n) is 9.45. The number of nitrogens with two attached hydrogens (primary N) is 1. The first-order valence-corrected chi connectivity index (χ1v) is 5.87. The standard InChI is InChI=1S/C13H20N2/c1-11-4-2-3-9-15(11)13-7-5-12(10-14)6-8-13/h5-8,11H,2-4,9-10,14H2,1H3. The molecule has 0 saturated carbocycles. The smallest absolute Gasteiger partial charge is 0.0368 e. The molecule has 2 heteroatoms. The maximum Gasteiger partial charge on any atom is 0.0368 e. The van der Waals surface area contributed by atoms with E-state index in [9.17, 15) is 0 Å². The molecule has 1 unspecified atom stereocenters. The van der Waals surface area contributed by atoms with Crippen LogP contribution in [0.1, 0.15) is 31.7 Å². The van der Waals surface area contributed by atoms with Gasteiger partial charge in [-0.15, -0.1) is 0 Å². The SMILES string of the molecule is CC1CCCCN1c1ccc(CN)cc1. The Morgan fingerprint density at radius 3 is 2.60 bits per heavy atom. The van der Waals surface area contributed by atoms with Gasteiger partial charge in [0.1, 0.15) is 0 Å². The zero-order valence-corrected chi connectivity index (χ0v) is 9.45. The van der Waals surface area contributed by atoms with Crippen molar-refractivity contribution in [1.29, 1.82) is 0 Å². The molecule has 0 aliphatic carbocycles. The molecule has 1 aromatic carbocycles. The van der Waals surface area contributed by atoms with E-state index >= 15 is 0 Å². The Hall–Kier alpha value is -1.02. The van der Waals surface area contributed by atoms with E-state index in [1.165, 1.54) is 37.1 Å². The summed E-state index contributed by atoms with van der Waals surface area (Å²) in [6.45, 7) is 4.15. The van der Waals surface area contributed by atoms with Crippen molar-refractivity contribution in [3.05, 3.63) is 29.8 Å². The third kappa shape index (κ3) is 2.32. The molecule has 1 aromatic rings. The van der Waals surface area contributed by atoms with Gasteiger partial charge in [-0.05, 0) is 43.9 Å². The van der Waals surface area contributed by atoms with Gasteiger partial charge in [0.25, 0.3) is 0 Å². The van der Waals surface area contributed by atoms with Crippen LogP contribution < -0.4 is 10.6 Å². The van der Waals surface area contributed by atoms with E-state index in [4.69, 9.17) is 5.73 Å². The summed E-state index contributed by atoms with van der Waals surface area (Å²) in [5.41, 5.74) is 8.15. The van der Waals surface area contributed by atoms with Crippen molar-refractivity contribution in [2.24, 2.45) is 5.73 Å². The molecular weight excluding hydrogens is 184 g/mol. The molecule has 15 heavy (non-hydrogen) atoms. The van der Waals surface area contributed by atoms with E-state index in [0.717, 1.165) is 0 Å². The van der Waals surface area contributed by atoms with E-state index in [2.05, 4.69) is 36.1 Å². The summed E-state index contributed by atoms with van der Waals surface area (Å²) in [7, 11) is 0. The van der Waals surface area contributed by atoms with Crippen LogP contribution in [0.25, 0.3) is 0 Å². The second kappa shape index (κ2) is 4.67. The number of benzene rings is 1. The third-order valence-corrected chi connectivity index (χ3v) is 3.31. The van der Waals surface area contributed by atoms with Gasteiger partial charge in [0.05, 0.1) is 0 Å². The van der Waals surface area contributed by atoms with Gasteiger partial charge in [-0.2, -0.15) is 0 Å². The lowest BCUT2D eigenvalue weighted by molar-refractivity contribution is 0.485. The Morgan fingerprint density at radius 2 is 2.00 bits per heavy atom. The predicted molar refractivity (Wildman–Crippen MR) is 65.0 cm³/mol. The van der Waals surface area contributed by atoms with Crippen molar-refractivity contribution >= 4 is 5.69 Å². The van der Waals surface area contributed by atoms with Crippen molar-refractivity contribution in [2.45, 2.75) is 38.8 Å². The second-order valence-electron chi connectivity index (χ2n) is 4.41. The molecule has 1 aliphatic heterocycles. The summed E-state index contributed by atoms with van der Waals surface area (Å²) in [4.78, 5) is 2.50. The van der Waals surface area contributed by atoms with Crippen LogP contribution in [-0.2, 0) is 6.54 Å². The predicted octanol–water partition coefficient (Wildman–Crippen LogP) is 2.52. The Morgan fingerprint density at radius 1 is 1.27 bits per heavy atom. The fraction of sp³-hybridized carbons (Fsp3) is 0.538. The zero-order chi connectivity index (χ0) is 10.7. The molecule has 2 nitrogen and oxygen atoms in total. The first kappa shape index (κ1) is 10.5. The first-order chi connectivity index (χ1) is 7.31. The number of hydrogen-bond acceptors (Lipinski definition) is 2. The molecule has 0 aromatic heterocycles. The van der Waals surface area contributed by atoms with Gasteiger partial charge < -0.3 is 10.6 Å².